The van der Waals surface area contributed by atoms with Gasteiger partial charge in [0.1, 0.15) is 29.0 Å². The summed E-state index contributed by atoms with van der Waals surface area (Å²) in [7, 11) is -3.92. The number of hydrogen-bond donors (Lipinski definition) is 3. The van der Waals surface area contributed by atoms with Crippen LogP contribution in [-0.4, -0.2) is 99.3 Å². The lowest BCUT2D eigenvalue weighted by molar-refractivity contribution is -0.145. The van der Waals surface area contributed by atoms with Gasteiger partial charge in [-0.2, -0.15) is 0 Å². The highest BCUT2D eigenvalue weighted by Crippen LogP contribution is 2.47. The standard InChI is InChI=1S/C40H55N5O9S/c1-23(2)45(38(49)50)33-26(6)18-25(5)10-8-9-11-28-20-40(28,37(48)43-55(51,52)30-13-14-30)42-34(46)32-21-39(7,22-44(32)36(33)47)54-35-31-15-12-29(53-24(3)4)19-27(31)16-17-41-35/h9,11-12,15-17,19,23-26,28,30,32-33H,8,10,13-14,18,20-22H2,1-7H3,(H,42,46)(H,43,48)(H,49,50)/b11-9-/t25-,26-,28-,32+,33+,39-,40-/m1/s1. The first-order valence-electron chi connectivity index (χ1n) is 19.4. The largest absolute Gasteiger partial charge is 0.491 e. The van der Waals surface area contributed by atoms with Gasteiger partial charge in [-0.25, -0.2) is 18.2 Å². The molecule has 300 valence electrons. The molecule has 4 aliphatic rings. The number of carboxylic acid groups (broad SMARTS) is 1. The van der Waals surface area contributed by atoms with Crippen LogP contribution in [0.3, 0.4) is 0 Å². The van der Waals surface area contributed by atoms with Gasteiger partial charge in [0.15, 0.2) is 0 Å². The van der Waals surface area contributed by atoms with Crippen LogP contribution in [0.1, 0.15) is 93.4 Å². The van der Waals surface area contributed by atoms with Crippen molar-refractivity contribution < 1.29 is 42.2 Å². The Morgan fingerprint density at radius 1 is 1.09 bits per heavy atom. The van der Waals surface area contributed by atoms with E-state index in [2.05, 4.69) is 21.9 Å². The van der Waals surface area contributed by atoms with Crippen LogP contribution in [0, 0.1) is 17.8 Å². The fourth-order valence-electron chi connectivity index (χ4n) is 8.34. The number of rotatable bonds is 9. The van der Waals surface area contributed by atoms with Crippen LogP contribution >= 0.6 is 0 Å². The van der Waals surface area contributed by atoms with Crippen LogP contribution in [0.4, 0.5) is 4.79 Å². The average molecular weight is 782 g/mol. The van der Waals surface area contributed by atoms with E-state index in [4.69, 9.17) is 9.47 Å². The molecule has 2 saturated carbocycles. The third-order valence-corrected chi connectivity index (χ3v) is 13.1. The summed E-state index contributed by atoms with van der Waals surface area (Å²) >= 11 is 0. The first kappa shape index (κ1) is 40.3. The second-order valence-electron chi connectivity index (χ2n) is 16.9. The first-order chi connectivity index (χ1) is 25.8. The number of ether oxygens (including phenoxy) is 2. The molecule has 6 rings (SSSR count). The monoisotopic (exact) mass is 781 g/mol. The summed E-state index contributed by atoms with van der Waals surface area (Å²) in [5.74, 6) is -1.79. The van der Waals surface area contributed by atoms with Crippen molar-refractivity contribution >= 4 is 44.6 Å². The summed E-state index contributed by atoms with van der Waals surface area (Å²) in [4.78, 5) is 63.4. The number of nitrogens with one attached hydrogen (secondary N) is 2. The summed E-state index contributed by atoms with van der Waals surface area (Å²) < 4.78 is 40.6. The Morgan fingerprint density at radius 3 is 2.47 bits per heavy atom. The molecule has 1 aromatic heterocycles. The van der Waals surface area contributed by atoms with Gasteiger partial charge in [-0.1, -0.05) is 26.0 Å². The second-order valence-corrected chi connectivity index (χ2v) is 18.9. The van der Waals surface area contributed by atoms with Crippen molar-refractivity contribution in [3.05, 3.63) is 42.6 Å². The second kappa shape index (κ2) is 15.3. The topological polar surface area (TPSA) is 185 Å². The van der Waals surface area contributed by atoms with E-state index in [-0.39, 0.29) is 37.3 Å². The molecule has 55 heavy (non-hydrogen) atoms. The molecule has 0 radical (unpaired) electrons. The number of hydrogen-bond acceptors (Lipinski definition) is 9. The number of allylic oxidation sites excluding steroid dienone is 1. The maximum absolute atomic E-state index is 15.0. The number of fused-ring (bicyclic) bond motifs is 3. The molecule has 4 amide bonds. The summed E-state index contributed by atoms with van der Waals surface area (Å²) in [5, 5.41) is 14.2. The Labute approximate surface area is 323 Å². The lowest BCUT2D eigenvalue weighted by Gasteiger charge is -2.39. The quantitative estimate of drug-likeness (QED) is 0.292. The van der Waals surface area contributed by atoms with Crippen molar-refractivity contribution in [2.24, 2.45) is 17.8 Å². The van der Waals surface area contributed by atoms with E-state index < -0.39 is 80.2 Å². The van der Waals surface area contributed by atoms with Gasteiger partial charge < -0.3 is 24.8 Å². The van der Waals surface area contributed by atoms with Crippen molar-refractivity contribution in [1.29, 1.82) is 0 Å². The third-order valence-electron chi connectivity index (χ3n) is 11.3. The van der Waals surface area contributed by atoms with Crippen molar-refractivity contribution in [1.82, 2.24) is 24.8 Å². The molecule has 2 aliphatic heterocycles. The summed E-state index contributed by atoms with van der Waals surface area (Å²) in [6.07, 6.45) is 7.19. The lowest BCUT2D eigenvalue weighted by atomic mass is 9.86. The minimum absolute atomic E-state index is 0.0119. The molecule has 0 spiro atoms. The molecule has 0 unspecified atom stereocenters. The highest BCUT2D eigenvalue weighted by atomic mass is 32.2. The van der Waals surface area contributed by atoms with Crippen LogP contribution in [0.15, 0.2) is 42.6 Å². The third kappa shape index (κ3) is 8.56. The minimum atomic E-state index is -3.92. The van der Waals surface area contributed by atoms with E-state index in [9.17, 15) is 27.9 Å². The molecule has 3 heterocycles. The Hall–Kier alpha value is -4.40. The van der Waals surface area contributed by atoms with Crippen LogP contribution in [0.5, 0.6) is 11.6 Å². The highest BCUT2D eigenvalue weighted by molar-refractivity contribution is 7.91. The SMILES string of the molecule is CC(C)Oc1ccc2c(O[C@]3(C)C[C@H]4C(=O)N[C@]5(C(=O)NS(=O)(=O)C6CC6)C[C@H]5/C=C\CC[C@@H](C)C[C@@H](C)[C@H](N(C(=O)O)C(C)C)C(=O)N4C3)nccc2c1. The number of nitrogens with zero attached hydrogens (tertiary/aromatic N) is 3. The van der Waals surface area contributed by atoms with Gasteiger partial charge in [-0.15, -0.1) is 0 Å². The Bertz CT molecular complexity index is 1970. The average Bonchev–Trinajstić information content (AvgIpc) is 4.02. The number of sulfonamides is 1. The predicted octanol–water partition coefficient (Wildman–Crippen LogP) is 5.01. The van der Waals surface area contributed by atoms with E-state index in [0.717, 1.165) is 11.8 Å². The number of amides is 4. The van der Waals surface area contributed by atoms with Gasteiger partial charge >= 0.3 is 6.09 Å². The molecular weight excluding hydrogens is 727 g/mol. The molecule has 14 nitrogen and oxygen atoms in total. The number of aromatic nitrogens is 1. The molecule has 7 atom stereocenters. The van der Waals surface area contributed by atoms with Crippen molar-refractivity contribution in [3.63, 3.8) is 0 Å². The van der Waals surface area contributed by atoms with E-state index in [0.29, 0.717) is 36.8 Å². The van der Waals surface area contributed by atoms with Gasteiger partial charge in [0, 0.05) is 30.0 Å². The summed E-state index contributed by atoms with van der Waals surface area (Å²) in [6, 6.07) is 4.52. The van der Waals surface area contributed by atoms with Gasteiger partial charge in [0.25, 0.3) is 5.91 Å². The fraction of sp³-hybridized carbons (Fsp3) is 0.625. The van der Waals surface area contributed by atoms with Gasteiger partial charge in [0.05, 0.1) is 17.9 Å². The van der Waals surface area contributed by atoms with Gasteiger partial charge in [0.2, 0.25) is 27.7 Å². The van der Waals surface area contributed by atoms with Crippen LogP contribution in [0.2, 0.25) is 0 Å². The number of carbonyl (C=O) groups excluding carboxylic acids is 3. The summed E-state index contributed by atoms with van der Waals surface area (Å²) in [5.41, 5.74) is -2.72. The molecule has 0 bridgehead atoms. The predicted molar refractivity (Wildman–Crippen MR) is 206 cm³/mol. The van der Waals surface area contributed by atoms with Crippen molar-refractivity contribution in [2.75, 3.05) is 6.54 Å². The molecule has 2 aromatic rings. The maximum atomic E-state index is 15.0. The highest BCUT2D eigenvalue weighted by Gasteiger charge is 2.63. The molecule has 3 fully saturated rings. The van der Waals surface area contributed by atoms with E-state index in [1.807, 2.05) is 57.2 Å². The van der Waals surface area contributed by atoms with Crippen LogP contribution in [-0.2, 0) is 24.4 Å². The Balaban J connectivity index is 1.39. The zero-order valence-corrected chi connectivity index (χ0v) is 33.6. The van der Waals surface area contributed by atoms with Crippen molar-refractivity contribution in [2.45, 2.75) is 134 Å². The zero-order valence-electron chi connectivity index (χ0n) is 32.8. The number of benzene rings is 1. The van der Waals surface area contributed by atoms with Gasteiger partial charge in [-0.05, 0) is 115 Å². The number of carbonyl (C=O) groups is 4. The molecule has 2 aliphatic carbocycles. The lowest BCUT2D eigenvalue weighted by Crippen LogP contribution is -2.60. The van der Waals surface area contributed by atoms with E-state index in [1.165, 1.54) is 9.80 Å². The van der Waals surface area contributed by atoms with Gasteiger partial charge in [-0.3, -0.25) is 24.0 Å². The number of pyridine rings is 1. The zero-order chi connectivity index (χ0) is 40.0. The Morgan fingerprint density at radius 2 is 1.82 bits per heavy atom. The summed E-state index contributed by atoms with van der Waals surface area (Å²) in [6.45, 7) is 12.9. The molecular formula is C40H55N5O9S. The molecule has 15 heteroatoms. The molecule has 1 saturated heterocycles. The smallest absolute Gasteiger partial charge is 0.408 e. The Kier molecular flexibility index (Phi) is 11.2. The molecule has 1 aromatic carbocycles. The van der Waals surface area contributed by atoms with E-state index >= 15 is 4.79 Å². The van der Waals surface area contributed by atoms with Crippen molar-refractivity contribution in [3.8, 4) is 11.6 Å². The molecule has 3 N–H and O–H groups in total. The van der Waals surface area contributed by atoms with Crippen LogP contribution in [0.25, 0.3) is 10.8 Å². The normalized spacial score (nSPS) is 30.8. The first-order valence-corrected chi connectivity index (χ1v) is 21.0. The van der Waals surface area contributed by atoms with Crippen LogP contribution < -0.4 is 19.5 Å². The minimum Gasteiger partial charge on any atom is -0.491 e. The fourth-order valence-corrected chi connectivity index (χ4v) is 9.70. The van der Waals surface area contributed by atoms with E-state index in [1.54, 1.807) is 27.0 Å². The maximum Gasteiger partial charge on any atom is 0.408 e.